The van der Waals surface area contributed by atoms with Gasteiger partial charge in [-0.15, -0.1) is 0 Å². The summed E-state index contributed by atoms with van der Waals surface area (Å²) in [6, 6.07) is 0.257. The van der Waals surface area contributed by atoms with Gasteiger partial charge in [0.15, 0.2) is 5.76 Å². The van der Waals surface area contributed by atoms with E-state index >= 15 is 0 Å². The van der Waals surface area contributed by atoms with Crippen molar-refractivity contribution in [2.45, 2.75) is 45.6 Å². The van der Waals surface area contributed by atoms with Crippen molar-refractivity contribution in [3.05, 3.63) is 17.0 Å². The van der Waals surface area contributed by atoms with Crippen molar-refractivity contribution in [2.75, 3.05) is 13.1 Å². The van der Waals surface area contributed by atoms with Crippen molar-refractivity contribution in [1.82, 2.24) is 15.8 Å². The van der Waals surface area contributed by atoms with Gasteiger partial charge in [-0.3, -0.25) is 4.79 Å². The number of amides is 1. The van der Waals surface area contributed by atoms with Gasteiger partial charge >= 0.3 is 0 Å². The lowest BCUT2D eigenvalue weighted by atomic mass is 10.0. The van der Waals surface area contributed by atoms with Gasteiger partial charge in [-0.25, -0.2) is 0 Å². The van der Waals surface area contributed by atoms with Crippen LogP contribution in [0.15, 0.2) is 4.52 Å². The number of aryl methyl sites for hydroxylation is 1. The second-order valence-electron chi connectivity index (χ2n) is 5.16. The quantitative estimate of drug-likeness (QED) is 0.856. The molecule has 0 radical (unpaired) electrons. The minimum absolute atomic E-state index is 0.0515. The molecule has 0 unspecified atom stereocenters. The van der Waals surface area contributed by atoms with Crippen LogP contribution < -0.4 is 10.6 Å². The number of nitrogens with one attached hydrogen (secondary N) is 2. The summed E-state index contributed by atoms with van der Waals surface area (Å²) in [6.45, 7) is 7.74. The first-order chi connectivity index (χ1) is 8.59. The van der Waals surface area contributed by atoms with E-state index in [1.54, 1.807) is 0 Å². The summed E-state index contributed by atoms with van der Waals surface area (Å²) in [5, 5.41) is 10.3. The van der Waals surface area contributed by atoms with E-state index in [0.29, 0.717) is 17.0 Å². The van der Waals surface area contributed by atoms with Crippen molar-refractivity contribution in [3.8, 4) is 0 Å². The lowest BCUT2D eigenvalue weighted by molar-refractivity contribution is 0.0926. The number of hydrogen-bond acceptors (Lipinski definition) is 4. The van der Waals surface area contributed by atoms with Gasteiger partial charge in [0.25, 0.3) is 5.91 Å². The molecule has 2 rings (SSSR count). The fraction of sp³-hybridized carbons (Fsp3) is 0.692. The molecule has 0 atom stereocenters. The maximum atomic E-state index is 12.3. The van der Waals surface area contributed by atoms with E-state index < -0.39 is 0 Å². The summed E-state index contributed by atoms with van der Waals surface area (Å²) >= 11 is 0. The second kappa shape index (κ2) is 5.52. The largest absolute Gasteiger partial charge is 0.360 e. The number of aromatic nitrogens is 1. The van der Waals surface area contributed by atoms with Gasteiger partial charge in [0, 0.05) is 12.0 Å². The van der Waals surface area contributed by atoms with Crippen LogP contribution in [0.25, 0.3) is 0 Å². The van der Waals surface area contributed by atoms with Crippen LogP contribution in [0.2, 0.25) is 0 Å². The average molecular weight is 251 g/mol. The second-order valence-corrected chi connectivity index (χ2v) is 5.16. The average Bonchev–Trinajstić information content (AvgIpc) is 2.72. The van der Waals surface area contributed by atoms with Crippen LogP contribution in [-0.4, -0.2) is 30.2 Å². The Hall–Kier alpha value is -1.36. The Kier molecular flexibility index (Phi) is 4.01. The van der Waals surface area contributed by atoms with Gasteiger partial charge in [-0.05, 0) is 32.9 Å². The van der Waals surface area contributed by atoms with Crippen LogP contribution in [0.4, 0.5) is 0 Å². The van der Waals surface area contributed by atoms with E-state index in [2.05, 4.69) is 15.8 Å². The molecule has 1 fully saturated rings. The van der Waals surface area contributed by atoms with E-state index in [0.717, 1.165) is 25.9 Å². The molecule has 1 aliphatic rings. The zero-order valence-corrected chi connectivity index (χ0v) is 11.2. The number of hydrogen-bond donors (Lipinski definition) is 2. The lowest BCUT2D eigenvalue weighted by Crippen LogP contribution is -2.43. The normalized spacial score (nSPS) is 17.1. The van der Waals surface area contributed by atoms with E-state index in [9.17, 15) is 4.79 Å². The summed E-state index contributed by atoms with van der Waals surface area (Å²) in [7, 11) is 0. The maximum absolute atomic E-state index is 12.3. The molecular weight excluding hydrogens is 230 g/mol. The minimum Gasteiger partial charge on any atom is -0.360 e. The fourth-order valence-corrected chi connectivity index (χ4v) is 2.28. The van der Waals surface area contributed by atoms with E-state index in [-0.39, 0.29) is 17.9 Å². The van der Waals surface area contributed by atoms with E-state index in [1.165, 1.54) is 0 Å². The molecule has 1 aromatic heterocycles. The van der Waals surface area contributed by atoms with Gasteiger partial charge in [-0.2, -0.15) is 0 Å². The number of carbonyl (C=O) groups is 1. The van der Waals surface area contributed by atoms with Gasteiger partial charge in [-0.1, -0.05) is 19.0 Å². The van der Waals surface area contributed by atoms with Crippen LogP contribution in [0.1, 0.15) is 54.4 Å². The molecule has 1 amide bonds. The molecule has 5 heteroatoms. The zero-order valence-electron chi connectivity index (χ0n) is 11.2. The molecule has 2 heterocycles. The molecule has 0 bridgehead atoms. The van der Waals surface area contributed by atoms with Crippen LogP contribution in [0, 0.1) is 6.92 Å². The number of carbonyl (C=O) groups excluding carboxylic acids is 1. The fourth-order valence-electron chi connectivity index (χ4n) is 2.28. The first-order valence-corrected chi connectivity index (χ1v) is 6.57. The summed E-state index contributed by atoms with van der Waals surface area (Å²) in [6.07, 6.45) is 1.96. The number of rotatable bonds is 3. The summed E-state index contributed by atoms with van der Waals surface area (Å²) < 4.78 is 5.24. The van der Waals surface area contributed by atoms with Gasteiger partial charge in [0.1, 0.15) is 5.56 Å². The summed E-state index contributed by atoms with van der Waals surface area (Å²) in [5.41, 5.74) is 1.29. The molecular formula is C13H21N3O2. The molecule has 5 nitrogen and oxygen atoms in total. The number of nitrogens with zero attached hydrogens (tertiary/aromatic N) is 1. The van der Waals surface area contributed by atoms with Crippen LogP contribution in [-0.2, 0) is 0 Å². The molecule has 1 aliphatic heterocycles. The molecule has 100 valence electrons. The Bertz CT molecular complexity index is 420. The van der Waals surface area contributed by atoms with Crippen molar-refractivity contribution in [3.63, 3.8) is 0 Å². The summed E-state index contributed by atoms with van der Waals surface area (Å²) in [4.78, 5) is 12.3. The highest BCUT2D eigenvalue weighted by molar-refractivity contribution is 5.96. The first-order valence-electron chi connectivity index (χ1n) is 6.57. The Morgan fingerprint density at radius 1 is 1.44 bits per heavy atom. The highest BCUT2D eigenvalue weighted by atomic mass is 16.5. The molecule has 2 N–H and O–H groups in total. The Balaban J connectivity index is 2.10. The highest BCUT2D eigenvalue weighted by Crippen LogP contribution is 2.22. The molecule has 1 saturated heterocycles. The Morgan fingerprint density at radius 3 is 2.72 bits per heavy atom. The van der Waals surface area contributed by atoms with E-state index in [1.807, 2.05) is 20.8 Å². The van der Waals surface area contributed by atoms with E-state index in [4.69, 9.17) is 4.52 Å². The molecule has 1 aromatic rings. The van der Waals surface area contributed by atoms with Crippen molar-refractivity contribution < 1.29 is 9.32 Å². The van der Waals surface area contributed by atoms with Gasteiger partial charge < -0.3 is 15.2 Å². The molecule has 0 saturated carbocycles. The van der Waals surface area contributed by atoms with Crippen LogP contribution >= 0.6 is 0 Å². The lowest BCUT2D eigenvalue weighted by Gasteiger charge is -2.23. The topological polar surface area (TPSA) is 67.2 Å². The smallest absolute Gasteiger partial charge is 0.257 e. The highest BCUT2D eigenvalue weighted by Gasteiger charge is 2.24. The standard InChI is InChI=1S/C13H21N3O2/c1-8(2)12-11(9(3)16-18-12)13(17)15-10-4-6-14-7-5-10/h8,10,14H,4-7H2,1-3H3,(H,15,17). The molecule has 0 aliphatic carbocycles. The summed E-state index contributed by atoms with van der Waals surface area (Å²) in [5.74, 6) is 0.795. The number of piperidine rings is 1. The molecule has 0 aromatic carbocycles. The van der Waals surface area contributed by atoms with Crippen molar-refractivity contribution >= 4 is 5.91 Å². The molecule has 18 heavy (non-hydrogen) atoms. The third-order valence-corrected chi connectivity index (χ3v) is 3.31. The third kappa shape index (κ3) is 2.72. The minimum atomic E-state index is -0.0515. The SMILES string of the molecule is Cc1noc(C(C)C)c1C(=O)NC1CCNCC1. The monoisotopic (exact) mass is 251 g/mol. The Labute approximate surface area is 107 Å². The Morgan fingerprint density at radius 2 is 2.11 bits per heavy atom. The van der Waals surface area contributed by atoms with Crippen LogP contribution in [0.5, 0.6) is 0 Å². The first kappa shape index (κ1) is 13.1. The maximum Gasteiger partial charge on any atom is 0.257 e. The predicted octanol–water partition coefficient (Wildman–Crippen LogP) is 1.59. The van der Waals surface area contributed by atoms with Crippen molar-refractivity contribution in [1.29, 1.82) is 0 Å². The molecule has 0 spiro atoms. The van der Waals surface area contributed by atoms with Crippen molar-refractivity contribution in [2.24, 2.45) is 0 Å². The van der Waals surface area contributed by atoms with Crippen LogP contribution in [0.3, 0.4) is 0 Å². The predicted molar refractivity (Wildman–Crippen MR) is 68.7 cm³/mol. The zero-order chi connectivity index (χ0) is 13.1. The van der Waals surface area contributed by atoms with Gasteiger partial charge in [0.2, 0.25) is 0 Å². The third-order valence-electron chi connectivity index (χ3n) is 3.31. The van der Waals surface area contributed by atoms with Gasteiger partial charge in [0.05, 0.1) is 5.69 Å².